The predicted molar refractivity (Wildman–Crippen MR) is 72.5 cm³/mol. The summed E-state index contributed by atoms with van der Waals surface area (Å²) in [6, 6.07) is 10.7. The van der Waals surface area contributed by atoms with Gasteiger partial charge >= 0.3 is 5.97 Å². The van der Waals surface area contributed by atoms with Crippen LogP contribution in [0.5, 0.6) is 0 Å². The molecule has 0 saturated carbocycles. The van der Waals surface area contributed by atoms with E-state index in [9.17, 15) is 9.59 Å². The molecule has 2 rings (SSSR count). The van der Waals surface area contributed by atoms with Crippen molar-refractivity contribution in [2.45, 2.75) is 12.5 Å². The first kappa shape index (κ1) is 14.7. The molecular formula is C14H14N2O5. The number of hydrogen-bond acceptors (Lipinski definition) is 5. The van der Waals surface area contributed by atoms with Crippen molar-refractivity contribution in [2.24, 2.45) is 0 Å². The topological polar surface area (TPSA) is 113 Å². The van der Waals surface area contributed by atoms with Crippen molar-refractivity contribution in [1.29, 1.82) is 0 Å². The quantitative estimate of drug-likeness (QED) is 0.728. The molecule has 7 nitrogen and oxygen atoms in total. The molecule has 0 aliphatic rings. The summed E-state index contributed by atoms with van der Waals surface area (Å²) in [6.45, 7) is 0.0276. The van der Waals surface area contributed by atoms with Crippen LogP contribution in [0.25, 0.3) is 11.3 Å². The van der Waals surface area contributed by atoms with Crippen LogP contribution in [0.2, 0.25) is 0 Å². The van der Waals surface area contributed by atoms with E-state index in [0.717, 1.165) is 5.56 Å². The zero-order valence-corrected chi connectivity index (χ0v) is 11.0. The maximum absolute atomic E-state index is 11.8. The van der Waals surface area contributed by atoms with Crippen LogP contribution < -0.4 is 5.32 Å². The molecule has 0 aliphatic heterocycles. The number of aliphatic carboxylic acids is 1. The summed E-state index contributed by atoms with van der Waals surface area (Å²) >= 11 is 0. The number of carboxylic acid groups (broad SMARTS) is 1. The fourth-order valence-electron chi connectivity index (χ4n) is 1.66. The van der Waals surface area contributed by atoms with Crippen LogP contribution in [0.4, 0.5) is 0 Å². The average molecular weight is 290 g/mol. The van der Waals surface area contributed by atoms with Gasteiger partial charge in [0.1, 0.15) is 0 Å². The Bertz CT molecular complexity index is 623. The van der Waals surface area contributed by atoms with Gasteiger partial charge in [0.25, 0.3) is 5.91 Å². The summed E-state index contributed by atoms with van der Waals surface area (Å²) in [4.78, 5) is 22.2. The number of aromatic nitrogens is 1. The highest BCUT2D eigenvalue weighted by Gasteiger charge is 2.16. The van der Waals surface area contributed by atoms with E-state index in [0.29, 0.717) is 5.76 Å². The van der Waals surface area contributed by atoms with Gasteiger partial charge in [-0.15, -0.1) is 0 Å². The standard InChI is InChI=1S/C14H14N2O5/c17-11(14(19)20)6-7-15-13(18)10-8-12(21-16-10)9-4-2-1-3-5-9/h1-5,8,11,17H,6-7H2,(H,15,18)(H,19,20)/t11-/m0/s1. The van der Waals surface area contributed by atoms with Gasteiger partial charge in [0.05, 0.1) is 0 Å². The van der Waals surface area contributed by atoms with Gasteiger partial charge in [-0.25, -0.2) is 4.79 Å². The maximum Gasteiger partial charge on any atom is 0.332 e. The van der Waals surface area contributed by atoms with Gasteiger partial charge in [-0.3, -0.25) is 4.79 Å². The van der Waals surface area contributed by atoms with Crippen LogP contribution in [0.15, 0.2) is 40.9 Å². The molecule has 0 bridgehead atoms. The third-order valence-electron chi connectivity index (χ3n) is 2.79. The summed E-state index contributed by atoms with van der Waals surface area (Å²) in [7, 11) is 0. The van der Waals surface area contributed by atoms with Crippen LogP contribution in [-0.4, -0.2) is 39.9 Å². The number of nitrogens with zero attached hydrogens (tertiary/aromatic N) is 1. The summed E-state index contributed by atoms with van der Waals surface area (Å²) in [5.41, 5.74) is 0.893. The van der Waals surface area contributed by atoms with Gasteiger partial charge in [-0.2, -0.15) is 0 Å². The van der Waals surface area contributed by atoms with Crippen LogP contribution in [0, 0.1) is 0 Å². The Labute approximate surface area is 120 Å². The summed E-state index contributed by atoms with van der Waals surface area (Å²) < 4.78 is 5.08. The van der Waals surface area contributed by atoms with E-state index in [4.69, 9.17) is 14.7 Å². The second kappa shape index (κ2) is 6.67. The molecule has 2 aromatic rings. The number of nitrogens with one attached hydrogen (secondary N) is 1. The van der Waals surface area contributed by atoms with Gasteiger partial charge in [-0.1, -0.05) is 35.5 Å². The van der Waals surface area contributed by atoms with Gasteiger partial charge in [-0.05, 0) is 0 Å². The Morgan fingerprint density at radius 1 is 1.29 bits per heavy atom. The first-order chi connectivity index (χ1) is 10.1. The normalized spacial score (nSPS) is 11.9. The average Bonchev–Trinajstić information content (AvgIpc) is 2.97. The molecule has 1 heterocycles. The van der Waals surface area contributed by atoms with Crippen molar-refractivity contribution in [2.75, 3.05) is 6.54 Å². The maximum atomic E-state index is 11.8. The van der Waals surface area contributed by atoms with Crippen molar-refractivity contribution in [3.05, 3.63) is 42.1 Å². The number of benzene rings is 1. The number of carboxylic acids is 1. The monoisotopic (exact) mass is 290 g/mol. The number of aliphatic hydroxyl groups excluding tert-OH is 1. The van der Waals surface area contributed by atoms with E-state index in [-0.39, 0.29) is 18.7 Å². The second-order valence-corrected chi connectivity index (χ2v) is 4.34. The van der Waals surface area contributed by atoms with E-state index < -0.39 is 18.0 Å². The van der Waals surface area contributed by atoms with Crippen LogP contribution in [-0.2, 0) is 4.79 Å². The molecule has 1 aromatic heterocycles. The SMILES string of the molecule is O=C(NCC[C@H](O)C(=O)O)c1cc(-c2ccccc2)on1. The van der Waals surface area contributed by atoms with E-state index in [1.54, 1.807) is 0 Å². The zero-order valence-electron chi connectivity index (χ0n) is 11.0. The molecule has 3 N–H and O–H groups in total. The third kappa shape index (κ3) is 3.90. The number of carbonyl (C=O) groups is 2. The molecule has 0 radical (unpaired) electrons. The molecule has 7 heteroatoms. The number of amides is 1. The molecule has 0 spiro atoms. The van der Waals surface area contributed by atoms with E-state index >= 15 is 0 Å². The lowest BCUT2D eigenvalue weighted by molar-refractivity contribution is -0.146. The zero-order chi connectivity index (χ0) is 15.2. The van der Waals surface area contributed by atoms with Gasteiger partial charge in [0, 0.05) is 24.6 Å². The Morgan fingerprint density at radius 3 is 2.67 bits per heavy atom. The molecule has 21 heavy (non-hydrogen) atoms. The van der Waals surface area contributed by atoms with Crippen molar-refractivity contribution < 1.29 is 24.3 Å². The first-order valence-electron chi connectivity index (χ1n) is 6.29. The highest BCUT2D eigenvalue weighted by atomic mass is 16.5. The summed E-state index contributed by atoms with van der Waals surface area (Å²) in [6.07, 6.45) is -1.58. The minimum atomic E-state index is -1.50. The van der Waals surface area contributed by atoms with E-state index in [1.165, 1.54) is 6.07 Å². The third-order valence-corrected chi connectivity index (χ3v) is 2.79. The van der Waals surface area contributed by atoms with Crippen LogP contribution >= 0.6 is 0 Å². The van der Waals surface area contributed by atoms with Gasteiger partial charge < -0.3 is 20.1 Å². The molecule has 0 aliphatic carbocycles. The Hall–Kier alpha value is -2.67. The van der Waals surface area contributed by atoms with Gasteiger partial charge in [0.15, 0.2) is 17.6 Å². The summed E-state index contributed by atoms with van der Waals surface area (Å²) in [5, 5.41) is 23.7. The Kier molecular flexibility index (Phi) is 4.68. The van der Waals surface area contributed by atoms with Crippen LogP contribution in [0.1, 0.15) is 16.9 Å². The van der Waals surface area contributed by atoms with E-state index in [2.05, 4.69) is 10.5 Å². The fourth-order valence-corrected chi connectivity index (χ4v) is 1.66. The van der Waals surface area contributed by atoms with Crippen molar-refractivity contribution in [3.8, 4) is 11.3 Å². The lowest BCUT2D eigenvalue weighted by Gasteiger charge is -2.05. The first-order valence-corrected chi connectivity index (χ1v) is 6.29. The summed E-state index contributed by atoms with van der Waals surface area (Å²) in [5.74, 6) is -1.35. The van der Waals surface area contributed by atoms with Crippen molar-refractivity contribution >= 4 is 11.9 Å². The Morgan fingerprint density at radius 2 is 2.00 bits per heavy atom. The smallest absolute Gasteiger partial charge is 0.332 e. The van der Waals surface area contributed by atoms with Crippen molar-refractivity contribution in [3.63, 3.8) is 0 Å². The van der Waals surface area contributed by atoms with Gasteiger partial charge in [0.2, 0.25) is 0 Å². The molecule has 1 aromatic carbocycles. The minimum Gasteiger partial charge on any atom is -0.479 e. The second-order valence-electron chi connectivity index (χ2n) is 4.34. The number of hydrogen-bond donors (Lipinski definition) is 3. The molecule has 0 saturated heterocycles. The molecule has 0 fully saturated rings. The molecule has 0 unspecified atom stereocenters. The minimum absolute atomic E-state index is 0.0276. The highest BCUT2D eigenvalue weighted by Crippen LogP contribution is 2.19. The lowest BCUT2D eigenvalue weighted by Crippen LogP contribution is -2.30. The van der Waals surface area contributed by atoms with Crippen molar-refractivity contribution in [1.82, 2.24) is 10.5 Å². The Balaban J connectivity index is 1.92. The van der Waals surface area contributed by atoms with Crippen LogP contribution in [0.3, 0.4) is 0 Å². The largest absolute Gasteiger partial charge is 0.479 e. The van der Waals surface area contributed by atoms with E-state index in [1.807, 2.05) is 30.3 Å². The molecule has 110 valence electrons. The molecule has 1 atom stereocenters. The molecular weight excluding hydrogens is 276 g/mol. The lowest BCUT2D eigenvalue weighted by atomic mass is 10.1. The number of carbonyl (C=O) groups excluding carboxylic acids is 1. The number of rotatable bonds is 6. The predicted octanol–water partition coefficient (Wildman–Crippen LogP) is 0.907. The molecule has 1 amide bonds. The number of aliphatic hydroxyl groups is 1. The fraction of sp³-hybridized carbons (Fsp3) is 0.214. The highest BCUT2D eigenvalue weighted by molar-refractivity contribution is 5.93.